The number of piperidine rings is 1. The molecule has 0 N–H and O–H groups in total. The van der Waals surface area contributed by atoms with Gasteiger partial charge in [0.2, 0.25) is 0 Å². The van der Waals surface area contributed by atoms with E-state index in [-0.39, 0.29) is 0 Å². The Labute approximate surface area is 176 Å². The van der Waals surface area contributed by atoms with Crippen LogP contribution in [-0.2, 0) is 6.54 Å². The van der Waals surface area contributed by atoms with E-state index in [1.165, 1.54) is 5.56 Å². The molecule has 1 aromatic carbocycles. The molecule has 0 atom stereocenters. The normalized spacial score (nSPS) is 15.3. The zero-order valence-corrected chi connectivity index (χ0v) is 17.7. The Bertz CT molecular complexity index is 965. The van der Waals surface area contributed by atoms with Gasteiger partial charge in [0, 0.05) is 18.7 Å². The standard InChI is InChI=1S/C22H27N5O3/c1-4-29-19-6-5-16(11-20(19)28-3)14-27-9-7-17(8-10-27)21-25-22(30-26-21)18-13-23-15(2)12-24-18/h5-6,11-13,17H,4,7-10,14H2,1-3H3. The molecule has 4 rings (SSSR count). The maximum atomic E-state index is 5.61. The minimum atomic E-state index is 0.298. The van der Waals surface area contributed by atoms with Crippen LogP contribution in [0.2, 0.25) is 0 Å². The summed E-state index contributed by atoms with van der Waals surface area (Å²) in [5, 5.41) is 4.19. The maximum Gasteiger partial charge on any atom is 0.278 e. The minimum absolute atomic E-state index is 0.298. The molecular formula is C22H27N5O3. The van der Waals surface area contributed by atoms with Crippen LogP contribution in [-0.4, -0.2) is 51.8 Å². The molecule has 1 aliphatic heterocycles. The van der Waals surface area contributed by atoms with Gasteiger partial charge in [-0.3, -0.25) is 9.88 Å². The van der Waals surface area contributed by atoms with Gasteiger partial charge >= 0.3 is 0 Å². The Hall–Kier alpha value is -3.00. The minimum Gasteiger partial charge on any atom is -0.493 e. The molecule has 0 amide bonds. The zero-order valence-electron chi connectivity index (χ0n) is 17.7. The van der Waals surface area contributed by atoms with Gasteiger partial charge < -0.3 is 14.0 Å². The van der Waals surface area contributed by atoms with Crippen molar-refractivity contribution in [2.24, 2.45) is 0 Å². The van der Waals surface area contributed by atoms with Gasteiger partial charge in [0.05, 0.1) is 25.6 Å². The zero-order chi connectivity index (χ0) is 20.9. The van der Waals surface area contributed by atoms with Crippen molar-refractivity contribution in [3.8, 4) is 23.1 Å². The summed E-state index contributed by atoms with van der Waals surface area (Å²) >= 11 is 0. The summed E-state index contributed by atoms with van der Waals surface area (Å²) in [5.74, 6) is 3.06. The highest BCUT2D eigenvalue weighted by atomic mass is 16.5. The first kappa shape index (κ1) is 20.3. The fourth-order valence-corrected chi connectivity index (χ4v) is 3.70. The van der Waals surface area contributed by atoms with Crippen molar-refractivity contribution >= 4 is 0 Å². The first-order chi connectivity index (χ1) is 14.7. The highest BCUT2D eigenvalue weighted by Gasteiger charge is 2.25. The highest BCUT2D eigenvalue weighted by molar-refractivity contribution is 5.44. The third-order valence-electron chi connectivity index (χ3n) is 5.33. The topological polar surface area (TPSA) is 86.4 Å². The van der Waals surface area contributed by atoms with Gasteiger partial charge in [0.15, 0.2) is 17.3 Å². The van der Waals surface area contributed by atoms with Gasteiger partial charge in [-0.1, -0.05) is 11.2 Å². The van der Waals surface area contributed by atoms with Gasteiger partial charge in [0.25, 0.3) is 5.89 Å². The first-order valence-corrected chi connectivity index (χ1v) is 10.3. The molecular weight excluding hydrogens is 382 g/mol. The quantitative estimate of drug-likeness (QED) is 0.585. The molecule has 1 fully saturated rings. The van der Waals surface area contributed by atoms with E-state index >= 15 is 0 Å². The molecule has 0 radical (unpaired) electrons. The molecule has 0 bridgehead atoms. The van der Waals surface area contributed by atoms with Crippen molar-refractivity contribution in [3.63, 3.8) is 0 Å². The fourth-order valence-electron chi connectivity index (χ4n) is 3.70. The van der Waals surface area contributed by atoms with Crippen molar-refractivity contribution in [1.82, 2.24) is 25.0 Å². The van der Waals surface area contributed by atoms with Crippen molar-refractivity contribution < 1.29 is 14.0 Å². The number of hydrogen-bond donors (Lipinski definition) is 0. The number of benzene rings is 1. The molecule has 1 saturated heterocycles. The third-order valence-corrected chi connectivity index (χ3v) is 5.33. The SMILES string of the molecule is CCOc1ccc(CN2CCC(c3noc(-c4cnc(C)cn4)n3)CC2)cc1OC. The average Bonchev–Trinajstić information content (AvgIpc) is 3.26. The Balaban J connectivity index is 1.35. The van der Waals surface area contributed by atoms with Crippen LogP contribution in [0.5, 0.6) is 11.5 Å². The third kappa shape index (κ3) is 4.59. The number of methoxy groups -OCH3 is 1. The van der Waals surface area contributed by atoms with Crippen LogP contribution < -0.4 is 9.47 Å². The van der Waals surface area contributed by atoms with Gasteiger partial charge in [-0.05, 0) is 57.5 Å². The number of rotatable bonds is 7. The summed E-state index contributed by atoms with van der Waals surface area (Å²) in [7, 11) is 1.68. The van der Waals surface area contributed by atoms with E-state index in [1.54, 1.807) is 19.5 Å². The van der Waals surface area contributed by atoms with E-state index in [2.05, 4.69) is 37.1 Å². The number of ether oxygens (including phenoxy) is 2. The van der Waals surface area contributed by atoms with E-state index in [0.717, 1.165) is 55.5 Å². The van der Waals surface area contributed by atoms with E-state index in [9.17, 15) is 0 Å². The van der Waals surface area contributed by atoms with Gasteiger partial charge in [-0.2, -0.15) is 4.98 Å². The number of aromatic nitrogens is 4. The second-order valence-electron chi connectivity index (χ2n) is 7.47. The van der Waals surface area contributed by atoms with E-state index in [4.69, 9.17) is 14.0 Å². The predicted octanol–water partition coefficient (Wildman–Crippen LogP) is 3.62. The van der Waals surface area contributed by atoms with Gasteiger partial charge in [-0.15, -0.1) is 0 Å². The van der Waals surface area contributed by atoms with E-state index in [0.29, 0.717) is 24.1 Å². The van der Waals surface area contributed by atoms with E-state index in [1.807, 2.05) is 19.9 Å². The largest absolute Gasteiger partial charge is 0.493 e. The Morgan fingerprint density at radius 2 is 1.97 bits per heavy atom. The lowest BCUT2D eigenvalue weighted by Gasteiger charge is -2.30. The van der Waals surface area contributed by atoms with Crippen LogP contribution in [0, 0.1) is 6.92 Å². The van der Waals surface area contributed by atoms with E-state index < -0.39 is 0 Å². The van der Waals surface area contributed by atoms with Gasteiger partial charge in [-0.25, -0.2) is 4.98 Å². The molecule has 0 saturated carbocycles. The second kappa shape index (κ2) is 9.21. The molecule has 1 aliphatic rings. The van der Waals surface area contributed by atoms with Crippen LogP contribution in [0.25, 0.3) is 11.6 Å². The summed E-state index contributed by atoms with van der Waals surface area (Å²) in [6.45, 7) is 7.33. The molecule has 8 nitrogen and oxygen atoms in total. The Morgan fingerprint density at radius 1 is 1.13 bits per heavy atom. The monoisotopic (exact) mass is 409 g/mol. The molecule has 0 unspecified atom stereocenters. The molecule has 0 spiro atoms. The summed E-state index contributed by atoms with van der Waals surface area (Å²) < 4.78 is 16.5. The van der Waals surface area contributed by atoms with Crippen LogP contribution in [0.1, 0.15) is 42.8 Å². The van der Waals surface area contributed by atoms with Crippen LogP contribution in [0.4, 0.5) is 0 Å². The van der Waals surface area contributed by atoms with Crippen molar-refractivity contribution in [3.05, 3.63) is 47.7 Å². The van der Waals surface area contributed by atoms with Crippen molar-refractivity contribution in [2.75, 3.05) is 26.8 Å². The van der Waals surface area contributed by atoms with Crippen LogP contribution >= 0.6 is 0 Å². The Morgan fingerprint density at radius 3 is 2.67 bits per heavy atom. The highest BCUT2D eigenvalue weighted by Crippen LogP contribution is 2.31. The maximum absolute atomic E-state index is 5.61. The lowest BCUT2D eigenvalue weighted by atomic mass is 9.96. The Kier molecular flexibility index (Phi) is 6.23. The average molecular weight is 409 g/mol. The molecule has 30 heavy (non-hydrogen) atoms. The fraction of sp³-hybridized carbons (Fsp3) is 0.455. The first-order valence-electron chi connectivity index (χ1n) is 10.3. The number of nitrogens with zero attached hydrogens (tertiary/aromatic N) is 5. The number of aryl methyl sites for hydroxylation is 1. The summed E-state index contributed by atoms with van der Waals surface area (Å²) in [6.07, 6.45) is 5.35. The smallest absolute Gasteiger partial charge is 0.278 e. The molecule has 8 heteroatoms. The molecule has 2 aromatic heterocycles. The van der Waals surface area contributed by atoms with Crippen LogP contribution in [0.3, 0.4) is 0 Å². The lowest BCUT2D eigenvalue weighted by Crippen LogP contribution is -2.32. The number of likely N-dealkylation sites (tertiary alicyclic amines) is 1. The van der Waals surface area contributed by atoms with Gasteiger partial charge in [0.1, 0.15) is 5.69 Å². The summed E-state index contributed by atoms with van der Waals surface area (Å²) in [6, 6.07) is 6.15. The number of hydrogen-bond acceptors (Lipinski definition) is 8. The van der Waals surface area contributed by atoms with Crippen molar-refractivity contribution in [1.29, 1.82) is 0 Å². The summed E-state index contributed by atoms with van der Waals surface area (Å²) in [4.78, 5) is 15.6. The predicted molar refractivity (Wildman–Crippen MR) is 111 cm³/mol. The molecule has 3 aromatic rings. The van der Waals surface area contributed by atoms with Crippen LogP contribution in [0.15, 0.2) is 35.1 Å². The molecule has 3 heterocycles. The summed E-state index contributed by atoms with van der Waals surface area (Å²) in [5.41, 5.74) is 2.69. The second-order valence-corrected chi connectivity index (χ2v) is 7.47. The molecule has 0 aliphatic carbocycles. The lowest BCUT2D eigenvalue weighted by molar-refractivity contribution is 0.200. The molecule has 158 valence electrons. The van der Waals surface area contributed by atoms with Crippen molar-refractivity contribution in [2.45, 2.75) is 39.2 Å².